The molecule has 0 aliphatic rings. The molecule has 0 spiro atoms. The van der Waals surface area contributed by atoms with Gasteiger partial charge >= 0.3 is 0 Å². The van der Waals surface area contributed by atoms with E-state index in [1.54, 1.807) is 6.20 Å². The van der Waals surface area contributed by atoms with Gasteiger partial charge in [0, 0.05) is 11.6 Å². The van der Waals surface area contributed by atoms with E-state index < -0.39 is 0 Å². The van der Waals surface area contributed by atoms with E-state index in [0.29, 0.717) is 0 Å². The minimum Gasteiger partial charge on any atom is -0.322 e. The van der Waals surface area contributed by atoms with Crippen molar-refractivity contribution >= 4 is 45.7 Å². The molecule has 19 heavy (non-hydrogen) atoms. The van der Waals surface area contributed by atoms with Crippen molar-refractivity contribution in [1.29, 1.82) is 0 Å². The predicted molar refractivity (Wildman–Crippen MR) is 74.9 cm³/mol. The van der Waals surface area contributed by atoms with Gasteiger partial charge in [0.1, 0.15) is 0 Å². The molecule has 7 heteroatoms. The van der Waals surface area contributed by atoms with Crippen LogP contribution in [0.4, 0.5) is 11.6 Å². The third kappa shape index (κ3) is 2.57. The molecule has 1 aromatic carbocycles. The Labute approximate surface area is 118 Å². The lowest BCUT2D eigenvalue weighted by atomic mass is 10.2. The van der Waals surface area contributed by atoms with Gasteiger partial charge in [-0.3, -0.25) is 4.98 Å². The molecule has 0 saturated carbocycles. The zero-order valence-electron chi connectivity index (χ0n) is 9.51. The quantitative estimate of drug-likeness (QED) is 0.783. The van der Waals surface area contributed by atoms with Gasteiger partial charge in [0.25, 0.3) is 0 Å². The number of nitrogens with one attached hydrogen (secondary N) is 1. The second-order valence-corrected chi connectivity index (χ2v) is 4.38. The molecule has 2 aromatic heterocycles. The van der Waals surface area contributed by atoms with Gasteiger partial charge in [0.15, 0.2) is 0 Å². The lowest BCUT2D eigenvalue weighted by molar-refractivity contribution is 1.05. The molecule has 0 aliphatic heterocycles. The van der Waals surface area contributed by atoms with Crippen molar-refractivity contribution in [2.24, 2.45) is 0 Å². The van der Waals surface area contributed by atoms with Crippen molar-refractivity contribution in [3.05, 3.63) is 47.1 Å². The minimum absolute atomic E-state index is 0.0377. The molecule has 0 fully saturated rings. The summed E-state index contributed by atoms with van der Waals surface area (Å²) in [5, 5.41) is 4.12. The predicted octanol–water partition coefficient (Wildman–Crippen LogP) is 3.47. The molecule has 0 atom stereocenters. The van der Waals surface area contributed by atoms with Crippen LogP contribution < -0.4 is 5.32 Å². The van der Waals surface area contributed by atoms with Gasteiger partial charge < -0.3 is 5.32 Å². The van der Waals surface area contributed by atoms with E-state index in [1.165, 1.54) is 0 Å². The normalized spacial score (nSPS) is 10.6. The number of halogens is 2. The fraction of sp³-hybridized carbons (Fsp3) is 0. The smallest absolute Gasteiger partial charge is 0.232 e. The van der Waals surface area contributed by atoms with Crippen LogP contribution in [0.25, 0.3) is 10.9 Å². The summed E-state index contributed by atoms with van der Waals surface area (Å²) in [6, 6.07) is 9.61. The molecule has 0 bridgehead atoms. The van der Waals surface area contributed by atoms with Crippen LogP contribution in [0.5, 0.6) is 0 Å². The fourth-order valence-corrected chi connectivity index (χ4v) is 2.07. The lowest BCUT2D eigenvalue weighted by Crippen LogP contribution is -2.00. The van der Waals surface area contributed by atoms with E-state index in [2.05, 4.69) is 25.3 Å². The molecule has 0 saturated heterocycles. The number of aromatic nitrogens is 4. The largest absolute Gasteiger partial charge is 0.322 e. The summed E-state index contributed by atoms with van der Waals surface area (Å²) in [5.41, 5.74) is 1.59. The third-order valence-corrected chi connectivity index (χ3v) is 2.80. The van der Waals surface area contributed by atoms with Crippen molar-refractivity contribution < 1.29 is 0 Å². The number of hydrogen-bond donors (Lipinski definition) is 1. The van der Waals surface area contributed by atoms with Gasteiger partial charge in [-0.2, -0.15) is 15.0 Å². The summed E-state index contributed by atoms with van der Waals surface area (Å²) in [6.45, 7) is 0. The Bertz CT molecular complexity index is 722. The van der Waals surface area contributed by atoms with Crippen LogP contribution in [0.2, 0.25) is 10.6 Å². The van der Waals surface area contributed by atoms with E-state index in [4.69, 9.17) is 23.2 Å². The number of pyridine rings is 1. The molecule has 0 amide bonds. The average Bonchev–Trinajstić information content (AvgIpc) is 2.38. The number of para-hydroxylation sites is 1. The lowest BCUT2D eigenvalue weighted by Gasteiger charge is -2.07. The molecule has 5 nitrogen and oxygen atoms in total. The molecule has 0 radical (unpaired) electrons. The molecular weight excluding hydrogens is 285 g/mol. The van der Waals surface area contributed by atoms with E-state index in [0.717, 1.165) is 16.6 Å². The Morgan fingerprint density at radius 3 is 2.42 bits per heavy atom. The van der Waals surface area contributed by atoms with Crippen LogP contribution in [-0.4, -0.2) is 19.9 Å². The number of nitrogens with zero attached hydrogens (tertiary/aromatic N) is 4. The van der Waals surface area contributed by atoms with Crippen molar-refractivity contribution in [2.75, 3.05) is 5.32 Å². The summed E-state index contributed by atoms with van der Waals surface area (Å²) in [7, 11) is 0. The van der Waals surface area contributed by atoms with Crippen molar-refractivity contribution in [3.8, 4) is 0 Å². The molecule has 0 aliphatic carbocycles. The maximum absolute atomic E-state index is 5.73. The van der Waals surface area contributed by atoms with Crippen LogP contribution in [0.3, 0.4) is 0 Å². The van der Waals surface area contributed by atoms with Crippen molar-refractivity contribution in [3.63, 3.8) is 0 Å². The third-order valence-electron chi connectivity index (χ3n) is 2.46. The van der Waals surface area contributed by atoms with Gasteiger partial charge in [-0.1, -0.05) is 18.2 Å². The first-order chi connectivity index (χ1) is 9.22. The van der Waals surface area contributed by atoms with E-state index in [1.807, 2.05) is 30.3 Å². The van der Waals surface area contributed by atoms with Gasteiger partial charge in [-0.05, 0) is 35.3 Å². The molecular formula is C12H7Cl2N5. The highest BCUT2D eigenvalue weighted by atomic mass is 35.5. The summed E-state index contributed by atoms with van der Waals surface area (Å²) in [5.74, 6) is 0.281. The first kappa shape index (κ1) is 12.1. The van der Waals surface area contributed by atoms with E-state index >= 15 is 0 Å². The number of hydrogen-bond acceptors (Lipinski definition) is 5. The summed E-state index contributed by atoms with van der Waals surface area (Å²) >= 11 is 11.5. The first-order valence-electron chi connectivity index (χ1n) is 5.40. The highest BCUT2D eigenvalue weighted by Gasteiger charge is 2.06. The maximum Gasteiger partial charge on any atom is 0.232 e. The first-order valence-corrected chi connectivity index (χ1v) is 6.16. The highest BCUT2D eigenvalue weighted by molar-refractivity contribution is 6.31. The molecule has 94 valence electrons. The number of fused-ring (bicyclic) bond motifs is 1. The zero-order valence-corrected chi connectivity index (χ0v) is 11.0. The van der Waals surface area contributed by atoms with Crippen LogP contribution in [-0.2, 0) is 0 Å². The van der Waals surface area contributed by atoms with Gasteiger partial charge in [-0.25, -0.2) is 0 Å². The highest BCUT2D eigenvalue weighted by Crippen LogP contribution is 2.23. The Hall–Kier alpha value is -1.98. The topological polar surface area (TPSA) is 63.6 Å². The van der Waals surface area contributed by atoms with Crippen LogP contribution >= 0.6 is 23.2 Å². The average molecular weight is 292 g/mol. The fourth-order valence-electron chi connectivity index (χ4n) is 1.71. The maximum atomic E-state index is 5.73. The van der Waals surface area contributed by atoms with Crippen LogP contribution in [0.15, 0.2) is 36.5 Å². The molecule has 1 N–H and O–H groups in total. The number of benzene rings is 1. The van der Waals surface area contributed by atoms with Gasteiger partial charge in [-0.15, -0.1) is 0 Å². The van der Waals surface area contributed by atoms with Gasteiger partial charge in [0.05, 0.1) is 11.2 Å². The van der Waals surface area contributed by atoms with Crippen LogP contribution in [0, 0.1) is 0 Å². The Kier molecular flexibility index (Phi) is 3.15. The monoisotopic (exact) mass is 291 g/mol. The second kappa shape index (κ2) is 4.95. The van der Waals surface area contributed by atoms with E-state index in [9.17, 15) is 0 Å². The van der Waals surface area contributed by atoms with Crippen LogP contribution in [0.1, 0.15) is 0 Å². The van der Waals surface area contributed by atoms with Crippen molar-refractivity contribution in [2.45, 2.75) is 0 Å². The second-order valence-electron chi connectivity index (χ2n) is 3.70. The number of anilines is 2. The molecule has 2 heterocycles. The summed E-state index contributed by atoms with van der Waals surface area (Å²) in [6.07, 6.45) is 1.72. The molecule has 3 aromatic rings. The standard InChI is InChI=1S/C12H7Cl2N5/c13-10-17-11(14)19-12(18-10)16-8-5-1-3-7-4-2-6-15-9(7)8/h1-6H,(H,16,17,18,19). The summed E-state index contributed by atoms with van der Waals surface area (Å²) in [4.78, 5) is 15.9. The zero-order chi connectivity index (χ0) is 13.2. The Balaban J connectivity index is 2.05. The van der Waals surface area contributed by atoms with Gasteiger partial charge in [0.2, 0.25) is 16.5 Å². The van der Waals surface area contributed by atoms with E-state index in [-0.39, 0.29) is 16.5 Å². The Morgan fingerprint density at radius 1 is 0.895 bits per heavy atom. The minimum atomic E-state index is 0.0377. The molecule has 3 rings (SSSR count). The summed E-state index contributed by atoms with van der Waals surface area (Å²) < 4.78 is 0. The SMILES string of the molecule is Clc1nc(Cl)nc(Nc2cccc3cccnc23)n1. The van der Waals surface area contributed by atoms with Crippen molar-refractivity contribution in [1.82, 2.24) is 19.9 Å². The molecule has 0 unspecified atom stereocenters. The Morgan fingerprint density at radius 2 is 1.63 bits per heavy atom. The number of rotatable bonds is 2.